The van der Waals surface area contributed by atoms with E-state index in [9.17, 15) is 4.79 Å². The van der Waals surface area contributed by atoms with Crippen molar-refractivity contribution in [2.45, 2.75) is 65.3 Å². The van der Waals surface area contributed by atoms with Crippen molar-refractivity contribution in [1.29, 1.82) is 0 Å². The summed E-state index contributed by atoms with van der Waals surface area (Å²) in [5.41, 5.74) is 2.70. The molecule has 25 heavy (non-hydrogen) atoms. The predicted molar refractivity (Wildman–Crippen MR) is 105 cm³/mol. The van der Waals surface area contributed by atoms with Gasteiger partial charge in [-0.25, -0.2) is 4.99 Å². The number of carbonyl (C=O) groups excluding carboxylic acids is 1. The Morgan fingerprint density at radius 1 is 1.20 bits per heavy atom. The molecular weight excluding hydrogens is 312 g/mol. The van der Waals surface area contributed by atoms with Crippen molar-refractivity contribution in [1.82, 2.24) is 15.5 Å². The molecule has 0 aromatic carbocycles. The van der Waals surface area contributed by atoms with Crippen LogP contribution in [0, 0.1) is 0 Å². The number of carbonyl (C=O) groups is 1. The van der Waals surface area contributed by atoms with E-state index >= 15 is 0 Å². The van der Waals surface area contributed by atoms with E-state index in [1.807, 2.05) is 20.8 Å². The predicted octanol–water partition coefficient (Wildman–Crippen LogP) is 3.00. The zero-order valence-electron chi connectivity index (χ0n) is 16.4. The highest BCUT2D eigenvalue weighted by molar-refractivity contribution is 5.98. The van der Waals surface area contributed by atoms with Crippen molar-refractivity contribution >= 4 is 12.6 Å². The second-order valence-corrected chi connectivity index (χ2v) is 7.85. The average Bonchev–Trinajstić information content (AvgIpc) is 3.07. The van der Waals surface area contributed by atoms with Gasteiger partial charge >= 0.3 is 0 Å². The molecular formula is C20H34N4O. The van der Waals surface area contributed by atoms with Gasteiger partial charge in [0.2, 0.25) is 0 Å². The molecule has 2 N–H and O–H groups in total. The lowest BCUT2D eigenvalue weighted by molar-refractivity contribution is -0.117. The first kappa shape index (κ1) is 19.7. The Hall–Kier alpha value is -1.62. The van der Waals surface area contributed by atoms with Crippen LogP contribution in [0.25, 0.3) is 0 Å². The number of likely N-dealkylation sites (tertiary alicyclic amines) is 1. The summed E-state index contributed by atoms with van der Waals surface area (Å²) in [4.78, 5) is 19.3. The summed E-state index contributed by atoms with van der Waals surface area (Å²) in [5.74, 6) is 0.714. The van der Waals surface area contributed by atoms with Crippen LogP contribution >= 0.6 is 0 Å². The average molecular weight is 347 g/mol. The van der Waals surface area contributed by atoms with Crippen LogP contribution in [0.15, 0.2) is 27.5 Å². The third-order valence-corrected chi connectivity index (χ3v) is 5.17. The minimum absolute atomic E-state index is 0.0113. The van der Waals surface area contributed by atoms with E-state index in [2.05, 4.69) is 34.2 Å². The van der Waals surface area contributed by atoms with Gasteiger partial charge in [-0.2, -0.15) is 0 Å². The maximum absolute atomic E-state index is 12.7. The minimum atomic E-state index is -0.0113. The van der Waals surface area contributed by atoms with Crippen molar-refractivity contribution in [2.75, 3.05) is 26.2 Å². The van der Waals surface area contributed by atoms with E-state index < -0.39 is 0 Å². The molecule has 1 heterocycles. The molecule has 0 radical (unpaired) electrons. The highest BCUT2D eigenvalue weighted by atomic mass is 16.1. The fourth-order valence-corrected chi connectivity index (χ4v) is 3.34. The van der Waals surface area contributed by atoms with Gasteiger partial charge in [-0.3, -0.25) is 4.79 Å². The van der Waals surface area contributed by atoms with Crippen LogP contribution in [0.1, 0.15) is 59.8 Å². The summed E-state index contributed by atoms with van der Waals surface area (Å²) in [6.07, 6.45) is 5.87. The summed E-state index contributed by atoms with van der Waals surface area (Å²) >= 11 is 0. The molecule has 1 aliphatic carbocycles. The third kappa shape index (κ3) is 5.70. The molecule has 0 atom stereocenters. The number of hydrogen-bond donors (Lipinski definition) is 2. The summed E-state index contributed by atoms with van der Waals surface area (Å²) in [6, 6.07) is 0. The van der Waals surface area contributed by atoms with Gasteiger partial charge in [-0.05, 0) is 86.2 Å². The van der Waals surface area contributed by atoms with Crippen LogP contribution in [0.3, 0.4) is 0 Å². The Kier molecular flexibility index (Phi) is 6.82. The Labute approximate surface area is 152 Å². The normalized spacial score (nSPS) is 19.8. The molecule has 1 saturated carbocycles. The van der Waals surface area contributed by atoms with Gasteiger partial charge in [-0.15, -0.1) is 0 Å². The lowest BCUT2D eigenvalue weighted by Gasteiger charge is -2.19. The van der Waals surface area contributed by atoms with Crippen molar-refractivity contribution in [3.63, 3.8) is 0 Å². The Morgan fingerprint density at radius 3 is 2.36 bits per heavy atom. The number of nitrogens with one attached hydrogen (secondary N) is 2. The maximum atomic E-state index is 12.7. The number of allylic oxidation sites excluding steroid dienone is 1. The van der Waals surface area contributed by atoms with Gasteiger partial charge in [0.05, 0.1) is 0 Å². The molecule has 0 spiro atoms. The molecule has 0 aromatic rings. The molecule has 140 valence electrons. The van der Waals surface area contributed by atoms with E-state index in [1.54, 1.807) is 0 Å². The van der Waals surface area contributed by atoms with Crippen molar-refractivity contribution < 1.29 is 4.79 Å². The first-order valence-electron chi connectivity index (χ1n) is 9.50. The van der Waals surface area contributed by atoms with Gasteiger partial charge < -0.3 is 15.5 Å². The number of rotatable bonds is 9. The molecule has 2 aliphatic rings. The first-order valence-corrected chi connectivity index (χ1v) is 9.50. The van der Waals surface area contributed by atoms with Crippen LogP contribution in [0.4, 0.5) is 0 Å². The molecule has 0 bridgehead atoms. The fourth-order valence-electron chi connectivity index (χ4n) is 3.34. The number of amides is 1. The molecule has 1 amide bonds. The van der Waals surface area contributed by atoms with E-state index in [4.69, 9.17) is 0 Å². The summed E-state index contributed by atoms with van der Waals surface area (Å²) in [7, 11) is 0. The van der Waals surface area contributed by atoms with Crippen molar-refractivity contribution in [2.24, 2.45) is 4.99 Å². The lowest BCUT2D eigenvalue weighted by Crippen LogP contribution is -2.32. The second-order valence-electron chi connectivity index (χ2n) is 7.85. The monoisotopic (exact) mass is 346 g/mol. The zero-order chi connectivity index (χ0) is 18.4. The molecule has 5 heteroatoms. The number of nitrogens with zero attached hydrogens (tertiary/aromatic N) is 2. The largest absolute Gasteiger partial charge is 0.365 e. The van der Waals surface area contributed by atoms with Gasteiger partial charge in [0, 0.05) is 23.2 Å². The van der Waals surface area contributed by atoms with Gasteiger partial charge in [0.15, 0.2) is 0 Å². The quantitative estimate of drug-likeness (QED) is 0.292. The first-order chi connectivity index (χ1) is 11.9. The van der Waals surface area contributed by atoms with Crippen molar-refractivity contribution in [3.8, 4) is 0 Å². The van der Waals surface area contributed by atoms with Crippen LogP contribution in [0.5, 0.6) is 0 Å². The maximum Gasteiger partial charge on any atom is 0.251 e. The second kappa shape index (κ2) is 8.65. The number of aliphatic imine (C=N–C) groups is 1. The summed E-state index contributed by atoms with van der Waals surface area (Å²) in [6.45, 7) is 15.9. The molecule has 2 fully saturated rings. The fraction of sp³-hybridized carbons (Fsp3) is 0.700. The van der Waals surface area contributed by atoms with Crippen LogP contribution < -0.4 is 10.6 Å². The molecule has 1 saturated heterocycles. The van der Waals surface area contributed by atoms with E-state index in [0.717, 1.165) is 48.3 Å². The Bertz CT molecular complexity index is 562. The summed E-state index contributed by atoms with van der Waals surface area (Å²) in [5, 5.41) is 6.52. The van der Waals surface area contributed by atoms with Crippen LogP contribution in [0.2, 0.25) is 0 Å². The van der Waals surface area contributed by atoms with Gasteiger partial charge in [0.1, 0.15) is 5.82 Å². The van der Waals surface area contributed by atoms with E-state index in [0.29, 0.717) is 6.54 Å². The molecule has 0 unspecified atom stereocenters. The highest BCUT2D eigenvalue weighted by Gasteiger charge is 2.38. The minimum Gasteiger partial charge on any atom is -0.365 e. The van der Waals surface area contributed by atoms with E-state index in [-0.39, 0.29) is 11.4 Å². The third-order valence-electron chi connectivity index (χ3n) is 5.17. The zero-order valence-corrected chi connectivity index (χ0v) is 16.4. The Morgan fingerprint density at radius 2 is 1.84 bits per heavy atom. The summed E-state index contributed by atoms with van der Waals surface area (Å²) < 4.78 is 0. The van der Waals surface area contributed by atoms with Gasteiger partial charge in [0.25, 0.3) is 5.91 Å². The molecule has 1 aliphatic heterocycles. The SMILES string of the molecule is C=N/C(NC1(C)CC1)=C(\C)C(C(=O)NCCCN1CCCC1)=C(C)C. The van der Waals surface area contributed by atoms with Gasteiger partial charge in [-0.1, -0.05) is 5.57 Å². The van der Waals surface area contributed by atoms with Crippen LogP contribution in [-0.4, -0.2) is 49.2 Å². The van der Waals surface area contributed by atoms with Crippen molar-refractivity contribution in [3.05, 3.63) is 22.5 Å². The van der Waals surface area contributed by atoms with Crippen LogP contribution in [-0.2, 0) is 4.79 Å². The Balaban J connectivity index is 1.94. The lowest BCUT2D eigenvalue weighted by atomic mass is 10.0. The topological polar surface area (TPSA) is 56.7 Å². The smallest absolute Gasteiger partial charge is 0.251 e. The molecule has 2 rings (SSSR count). The number of hydrogen-bond acceptors (Lipinski definition) is 4. The van der Waals surface area contributed by atoms with E-state index in [1.165, 1.54) is 25.9 Å². The standard InChI is InChI=1S/C20H34N4O/c1-15(2)17(16(3)18(21-5)23-20(4)9-10-20)19(25)22-11-8-14-24-12-6-7-13-24/h23H,5-14H2,1-4H3,(H,22,25)/b18-16-. The molecule has 0 aromatic heterocycles. The highest BCUT2D eigenvalue weighted by Crippen LogP contribution is 2.36. The molecule has 5 nitrogen and oxygen atoms in total.